The van der Waals surface area contributed by atoms with Crippen molar-refractivity contribution in [3.05, 3.63) is 47.1 Å². The van der Waals surface area contributed by atoms with Crippen LogP contribution in [-0.2, 0) is 4.84 Å². The van der Waals surface area contributed by atoms with E-state index in [0.29, 0.717) is 5.71 Å². The minimum atomic E-state index is -0.604. The van der Waals surface area contributed by atoms with Gasteiger partial charge in [0.25, 0.3) is 0 Å². The average Bonchev–Trinajstić information content (AvgIpc) is 2.44. The maximum Gasteiger partial charge on any atom is 0.440 e. The molecule has 0 unspecified atom stereocenters. The maximum absolute atomic E-state index is 11.3. The van der Waals surface area contributed by atoms with Crippen molar-refractivity contribution in [2.75, 3.05) is 7.05 Å². The summed E-state index contributed by atoms with van der Waals surface area (Å²) in [5.74, 6) is 0. The Labute approximate surface area is 97.7 Å². The summed E-state index contributed by atoms with van der Waals surface area (Å²) in [7, 11) is 1.52. The summed E-state index contributed by atoms with van der Waals surface area (Å²) < 4.78 is 0. The number of oxime groups is 1. The van der Waals surface area contributed by atoms with Gasteiger partial charge in [-0.05, 0) is 0 Å². The zero-order chi connectivity index (χ0) is 11.5. The molecule has 0 N–H and O–H groups in total. The van der Waals surface area contributed by atoms with Gasteiger partial charge in [-0.1, -0.05) is 47.1 Å². The molecule has 4 nitrogen and oxygen atoms in total. The lowest BCUT2D eigenvalue weighted by Crippen LogP contribution is -2.22. The summed E-state index contributed by atoms with van der Waals surface area (Å²) in [6, 6.07) is 9.35. The van der Waals surface area contributed by atoms with Gasteiger partial charge in [-0.2, -0.15) is 0 Å². The van der Waals surface area contributed by atoms with Crippen molar-refractivity contribution in [1.82, 2.24) is 4.90 Å². The third kappa shape index (κ3) is 2.06. The first-order chi connectivity index (χ1) is 7.68. The minimum absolute atomic E-state index is 0.269. The van der Waals surface area contributed by atoms with Gasteiger partial charge in [-0.25, -0.2) is 4.79 Å². The van der Waals surface area contributed by atoms with Crippen molar-refractivity contribution in [3.8, 4) is 0 Å². The molecule has 2 rings (SSSR count). The van der Waals surface area contributed by atoms with Crippen molar-refractivity contribution >= 4 is 23.4 Å². The van der Waals surface area contributed by atoms with Crippen LogP contribution >= 0.6 is 11.6 Å². The zero-order valence-electron chi connectivity index (χ0n) is 8.55. The highest BCUT2D eigenvalue weighted by Gasteiger charge is 2.18. The van der Waals surface area contributed by atoms with Gasteiger partial charge in [0, 0.05) is 18.7 Å². The van der Waals surface area contributed by atoms with Crippen LogP contribution in [0.5, 0.6) is 0 Å². The van der Waals surface area contributed by atoms with E-state index < -0.39 is 6.09 Å². The summed E-state index contributed by atoms with van der Waals surface area (Å²) >= 11 is 5.92. The van der Waals surface area contributed by atoms with E-state index in [0.717, 1.165) is 5.56 Å². The standard InChI is InChI=1S/C11H9ClN2O2/c1-14-10(12)7-9(13-16-11(14)15)8-5-3-2-4-6-8/h2-7H,1H3. The van der Waals surface area contributed by atoms with Crippen molar-refractivity contribution < 1.29 is 9.63 Å². The van der Waals surface area contributed by atoms with Crippen LogP contribution in [0.15, 0.2) is 46.7 Å². The lowest BCUT2D eigenvalue weighted by atomic mass is 10.1. The van der Waals surface area contributed by atoms with Crippen molar-refractivity contribution in [3.63, 3.8) is 0 Å². The van der Waals surface area contributed by atoms with Gasteiger partial charge < -0.3 is 0 Å². The molecule has 0 atom stereocenters. The van der Waals surface area contributed by atoms with Crippen molar-refractivity contribution in [2.45, 2.75) is 0 Å². The molecule has 1 aliphatic rings. The Hall–Kier alpha value is -1.81. The average molecular weight is 237 g/mol. The fourth-order valence-electron chi connectivity index (χ4n) is 1.22. The summed E-state index contributed by atoms with van der Waals surface area (Å²) in [6.45, 7) is 0. The first-order valence-electron chi connectivity index (χ1n) is 4.64. The Kier molecular flexibility index (Phi) is 2.92. The van der Waals surface area contributed by atoms with Crippen LogP contribution in [0.4, 0.5) is 4.79 Å². The number of hydrogen-bond acceptors (Lipinski definition) is 3. The quantitative estimate of drug-likeness (QED) is 0.556. The van der Waals surface area contributed by atoms with E-state index in [1.54, 1.807) is 6.08 Å². The molecule has 1 aliphatic heterocycles. The number of nitrogens with zero attached hydrogens (tertiary/aromatic N) is 2. The first-order valence-corrected chi connectivity index (χ1v) is 5.01. The van der Waals surface area contributed by atoms with E-state index in [4.69, 9.17) is 16.4 Å². The van der Waals surface area contributed by atoms with Gasteiger partial charge in [0.1, 0.15) is 10.9 Å². The fourth-order valence-corrected chi connectivity index (χ4v) is 1.39. The molecule has 0 spiro atoms. The molecule has 1 aromatic carbocycles. The number of halogens is 1. The Morgan fingerprint density at radius 2 is 2.00 bits per heavy atom. The number of benzene rings is 1. The molecule has 5 heteroatoms. The third-order valence-electron chi connectivity index (χ3n) is 2.14. The molecule has 0 bridgehead atoms. The molecule has 0 fully saturated rings. The Bertz CT molecular complexity index is 468. The molecular formula is C11H9ClN2O2. The van der Waals surface area contributed by atoms with Crippen LogP contribution < -0.4 is 0 Å². The fraction of sp³-hybridized carbons (Fsp3) is 0.0909. The van der Waals surface area contributed by atoms with Crippen molar-refractivity contribution in [1.29, 1.82) is 0 Å². The van der Waals surface area contributed by atoms with Gasteiger partial charge in [0.15, 0.2) is 0 Å². The monoisotopic (exact) mass is 236 g/mol. The second-order valence-corrected chi connectivity index (χ2v) is 3.61. The van der Waals surface area contributed by atoms with Gasteiger partial charge in [0.2, 0.25) is 0 Å². The van der Waals surface area contributed by atoms with Crippen LogP contribution in [0, 0.1) is 0 Å². The molecule has 0 saturated carbocycles. The highest BCUT2D eigenvalue weighted by atomic mass is 35.5. The number of amides is 1. The molecule has 0 saturated heterocycles. The van der Waals surface area contributed by atoms with Crippen LogP contribution in [0.25, 0.3) is 0 Å². The highest BCUT2D eigenvalue weighted by Crippen LogP contribution is 2.15. The lowest BCUT2D eigenvalue weighted by molar-refractivity contribution is 0.128. The van der Waals surface area contributed by atoms with Crippen LogP contribution in [0.3, 0.4) is 0 Å². The smallest absolute Gasteiger partial charge is 0.297 e. The van der Waals surface area contributed by atoms with E-state index in [-0.39, 0.29) is 5.16 Å². The molecule has 0 aliphatic carbocycles. The number of allylic oxidation sites excluding steroid dienone is 1. The Morgan fingerprint density at radius 1 is 1.31 bits per heavy atom. The largest absolute Gasteiger partial charge is 0.440 e. The summed E-state index contributed by atoms with van der Waals surface area (Å²) in [5.41, 5.74) is 1.35. The van der Waals surface area contributed by atoms with Crippen molar-refractivity contribution in [2.24, 2.45) is 5.16 Å². The van der Waals surface area contributed by atoms with E-state index in [1.807, 2.05) is 30.3 Å². The Balaban J connectivity index is 2.39. The number of rotatable bonds is 1. The summed E-state index contributed by atoms with van der Waals surface area (Å²) in [4.78, 5) is 17.1. The van der Waals surface area contributed by atoms with E-state index >= 15 is 0 Å². The van der Waals surface area contributed by atoms with Crippen LogP contribution in [0.1, 0.15) is 5.56 Å². The second-order valence-electron chi connectivity index (χ2n) is 3.23. The zero-order valence-corrected chi connectivity index (χ0v) is 9.31. The van der Waals surface area contributed by atoms with Gasteiger partial charge in [-0.15, -0.1) is 0 Å². The molecule has 0 aromatic heterocycles. The molecule has 1 amide bonds. The molecule has 0 radical (unpaired) electrons. The van der Waals surface area contributed by atoms with Gasteiger partial charge in [-0.3, -0.25) is 9.74 Å². The maximum atomic E-state index is 11.3. The third-order valence-corrected chi connectivity index (χ3v) is 2.50. The predicted octanol–water partition coefficient (Wildman–Crippen LogP) is 2.55. The Morgan fingerprint density at radius 3 is 2.69 bits per heavy atom. The number of carbonyl (C=O) groups is 1. The molecule has 16 heavy (non-hydrogen) atoms. The molecule has 1 heterocycles. The van der Waals surface area contributed by atoms with Crippen LogP contribution in [0.2, 0.25) is 0 Å². The van der Waals surface area contributed by atoms with Gasteiger partial charge in [0.05, 0.1) is 0 Å². The highest BCUT2D eigenvalue weighted by molar-refractivity contribution is 6.32. The lowest BCUT2D eigenvalue weighted by Gasteiger charge is -2.09. The van der Waals surface area contributed by atoms with E-state index in [9.17, 15) is 4.79 Å². The second kappa shape index (κ2) is 4.37. The normalized spacial score (nSPS) is 16.1. The van der Waals surface area contributed by atoms with E-state index in [1.165, 1.54) is 11.9 Å². The summed E-state index contributed by atoms with van der Waals surface area (Å²) in [5, 5.41) is 4.01. The van der Waals surface area contributed by atoms with E-state index in [2.05, 4.69) is 5.16 Å². The molecule has 82 valence electrons. The van der Waals surface area contributed by atoms with Gasteiger partial charge >= 0.3 is 6.09 Å². The SMILES string of the molecule is CN1C(=O)ON=C(c2ccccc2)C=C1Cl. The van der Waals surface area contributed by atoms with Crippen LogP contribution in [-0.4, -0.2) is 23.8 Å². The number of hydrogen-bond donors (Lipinski definition) is 0. The first kappa shape index (κ1) is 10.7. The molecule has 1 aromatic rings. The minimum Gasteiger partial charge on any atom is -0.297 e. The summed E-state index contributed by atoms with van der Waals surface area (Å²) in [6.07, 6.45) is 0.981. The number of carbonyl (C=O) groups excluding carboxylic acids is 1. The predicted molar refractivity (Wildman–Crippen MR) is 61.2 cm³/mol. The topological polar surface area (TPSA) is 41.9 Å². The molecular weight excluding hydrogens is 228 g/mol.